The fourth-order valence-electron chi connectivity index (χ4n) is 0.803. The number of aryl methyl sites for hydroxylation is 1. The summed E-state index contributed by atoms with van der Waals surface area (Å²) in [5, 5.41) is 3.46. The lowest BCUT2D eigenvalue weighted by molar-refractivity contribution is -0.143. The van der Waals surface area contributed by atoms with Crippen molar-refractivity contribution in [1.82, 2.24) is 9.78 Å². The third kappa shape index (κ3) is 1.42. The van der Waals surface area contributed by atoms with E-state index in [1.54, 1.807) is 0 Å². The van der Waals surface area contributed by atoms with E-state index in [4.69, 9.17) is 6.42 Å². The van der Waals surface area contributed by atoms with Gasteiger partial charge in [0.05, 0.1) is 0 Å². The van der Waals surface area contributed by atoms with Crippen LogP contribution in [0.25, 0.3) is 0 Å². The molecular weight excluding hydrogens is 169 g/mol. The fraction of sp³-hybridized carbons (Fsp3) is 0.286. The highest BCUT2D eigenvalue weighted by atomic mass is 19.4. The highest BCUT2D eigenvalue weighted by molar-refractivity contribution is 5.27. The predicted molar refractivity (Wildman–Crippen MR) is 36.1 cm³/mol. The van der Waals surface area contributed by atoms with Crippen molar-refractivity contribution in [3.05, 3.63) is 17.5 Å². The maximum atomic E-state index is 12.1. The van der Waals surface area contributed by atoms with Gasteiger partial charge in [0.15, 0.2) is 0 Å². The Bertz CT molecular complexity index is 329. The third-order valence-electron chi connectivity index (χ3n) is 1.32. The Morgan fingerprint density at radius 2 is 2.17 bits per heavy atom. The van der Waals surface area contributed by atoms with Crippen LogP contribution in [0.3, 0.4) is 0 Å². The predicted octanol–water partition coefficient (Wildman–Crippen LogP) is 1.42. The lowest BCUT2D eigenvalue weighted by Crippen LogP contribution is -2.11. The molecule has 1 aromatic rings. The van der Waals surface area contributed by atoms with Crippen LogP contribution in [0.15, 0.2) is 6.07 Å². The van der Waals surface area contributed by atoms with Gasteiger partial charge >= 0.3 is 6.18 Å². The number of aromatic nitrogens is 2. The minimum Gasteiger partial charge on any atom is -0.262 e. The van der Waals surface area contributed by atoms with Gasteiger partial charge in [-0.25, -0.2) is 0 Å². The van der Waals surface area contributed by atoms with Crippen molar-refractivity contribution in [3.63, 3.8) is 0 Å². The summed E-state index contributed by atoms with van der Waals surface area (Å²) >= 11 is 0. The second-order valence-corrected chi connectivity index (χ2v) is 2.18. The maximum Gasteiger partial charge on any atom is 0.433 e. The fourth-order valence-corrected chi connectivity index (χ4v) is 0.803. The molecule has 0 N–H and O–H groups in total. The van der Waals surface area contributed by atoms with Gasteiger partial charge in [-0.2, -0.15) is 18.3 Å². The van der Waals surface area contributed by atoms with Crippen LogP contribution in [0.5, 0.6) is 0 Å². The standard InChI is InChI=1S/C7H5F3N2/c1-3-5-4-6(7(8,9)10)12(2)11-5/h1,4H,2H3. The molecule has 1 rings (SSSR count). The topological polar surface area (TPSA) is 17.8 Å². The van der Waals surface area contributed by atoms with E-state index in [9.17, 15) is 13.2 Å². The van der Waals surface area contributed by atoms with Crippen molar-refractivity contribution in [2.45, 2.75) is 6.18 Å². The number of rotatable bonds is 0. The van der Waals surface area contributed by atoms with E-state index in [1.165, 1.54) is 7.05 Å². The van der Waals surface area contributed by atoms with E-state index in [0.29, 0.717) is 0 Å². The molecule has 0 aromatic carbocycles. The average molecular weight is 174 g/mol. The van der Waals surface area contributed by atoms with Crippen molar-refractivity contribution in [2.75, 3.05) is 0 Å². The largest absolute Gasteiger partial charge is 0.433 e. The van der Waals surface area contributed by atoms with Gasteiger partial charge in [-0.3, -0.25) is 4.68 Å². The zero-order chi connectivity index (χ0) is 9.35. The van der Waals surface area contributed by atoms with Gasteiger partial charge in [0.1, 0.15) is 11.4 Å². The molecule has 1 aromatic heterocycles. The summed E-state index contributed by atoms with van der Waals surface area (Å²) in [5.74, 6) is 2.03. The molecule has 0 saturated heterocycles. The Balaban J connectivity index is 3.19. The Kier molecular flexibility index (Phi) is 1.84. The number of hydrogen-bond donors (Lipinski definition) is 0. The first-order valence-corrected chi connectivity index (χ1v) is 3.03. The first kappa shape index (κ1) is 8.65. The van der Waals surface area contributed by atoms with E-state index < -0.39 is 11.9 Å². The Morgan fingerprint density at radius 1 is 1.58 bits per heavy atom. The second-order valence-electron chi connectivity index (χ2n) is 2.18. The highest BCUT2D eigenvalue weighted by Gasteiger charge is 2.34. The van der Waals surface area contributed by atoms with E-state index in [-0.39, 0.29) is 5.69 Å². The van der Waals surface area contributed by atoms with Crippen LogP contribution < -0.4 is 0 Å². The van der Waals surface area contributed by atoms with Crippen LogP contribution in [0.1, 0.15) is 11.4 Å². The van der Waals surface area contributed by atoms with Crippen LogP contribution in [0.2, 0.25) is 0 Å². The van der Waals surface area contributed by atoms with Gasteiger partial charge in [-0.05, 0) is 5.92 Å². The zero-order valence-corrected chi connectivity index (χ0v) is 6.18. The summed E-state index contributed by atoms with van der Waals surface area (Å²) in [5.41, 5.74) is -0.847. The van der Waals surface area contributed by atoms with Crippen molar-refractivity contribution in [2.24, 2.45) is 7.05 Å². The van der Waals surface area contributed by atoms with Gasteiger partial charge in [0, 0.05) is 13.1 Å². The third-order valence-corrected chi connectivity index (χ3v) is 1.32. The molecule has 0 saturated carbocycles. The van der Waals surface area contributed by atoms with Crippen molar-refractivity contribution in [3.8, 4) is 12.3 Å². The van der Waals surface area contributed by atoms with Gasteiger partial charge in [-0.15, -0.1) is 6.42 Å². The van der Waals surface area contributed by atoms with Crippen molar-refractivity contribution >= 4 is 0 Å². The molecule has 0 amide bonds. The first-order valence-electron chi connectivity index (χ1n) is 3.03. The van der Waals surface area contributed by atoms with E-state index in [2.05, 4.69) is 5.10 Å². The van der Waals surface area contributed by atoms with Crippen molar-refractivity contribution in [1.29, 1.82) is 0 Å². The molecule has 0 fully saturated rings. The quantitative estimate of drug-likeness (QED) is 0.544. The highest BCUT2D eigenvalue weighted by Crippen LogP contribution is 2.28. The first-order chi connectivity index (χ1) is 5.45. The lowest BCUT2D eigenvalue weighted by atomic mass is 10.3. The molecule has 0 atom stereocenters. The lowest BCUT2D eigenvalue weighted by Gasteiger charge is -2.04. The molecule has 1 heterocycles. The monoisotopic (exact) mass is 174 g/mol. The number of nitrogens with zero attached hydrogens (tertiary/aromatic N) is 2. The molecule has 0 bridgehead atoms. The molecule has 0 aliphatic carbocycles. The van der Waals surface area contributed by atoms with E-state index >= 15 is 0 Å². The normalized spacial score (nSPS) is 11.2. The van der Waals surface area contributed by atoms with Crippen molar-refractivity contribution < 1.29 is 13.2 Å². The summed E-state index contributed by atoms with van der Waals surface area (Å²) in [4.78, 5) is 0. The van der Waals surface area contributed by atoms with Gasteiger partial charge in [0.2, 0.25) is 0 Å². The number of halogens is 3. The molecule has 0 aliphatic rings. The number of hydrogen-bond acceptors (Lipinski definition) is 1. The molecule has 0 radical (unpaired) electrons. The van der Waals surface area contributed by atoms with Crippen LogP contribution in [0, 0.1) is 12.3 Å². The van der Waals surface area contributed by atoms with Crippen LogP contribution in [0.4, 0.5) is 13.2 Å². The molecule has 0 spiro atoms. The molecule has 2 nitrogen and oxygen atoms in total. The van der Waals surface area contributed by atoms with Gasteiger partial charge in [0.25, 0.3) is 0 Å². The summed E-state index contributed by atoms with van der Waals surface area (Å²) in [6, 6.07) is 0.833. The molecule has 0 aliphatic heterocycles. The smallest absolute Gasteiger partial charge is 0.262 e. The van der Waals surface area contributed by atoms with Crippen LogP contribution in [-0.2, 0) is 13.2 Å². The minimum absolute atomic E-state index is 0.00942. The Labute approximate surface area is 67.0 Å². The van der Waals surface area contributed by atoms with E-state index in [1.807, 2.05) is 5.92 Å². The number of terminal acetylenes is 1. The zero-order valence-electron chi connectivity index (χ0n) is 6.18. The summed E-state index contributed by atoms with van der Waals surface area (Å²) in [7, 11) is 1.20. The molecular formula is C7H5F3N2. The Hall–Kier alpha value is -1.44. The summed E-state index contributed by atoms with van der Waals surface area (Å²) in [6.45, 7) is 0. The molecule has 12 heavy (non-hydrogen) atoms. The van der Waals surface area contributed by atoms with Crippen LogP contribution in [-0.4, -0.2) is 9.78 Å². The van der Waals surface area contributed by atoms with Gasteiger partial charge < -0.3 is 0 Å². The van der Waals surface area contributed by atoms with E-state index in [0.717, 1.165) is 10.7 Å². The molecule has 0 unspecified atom stereocenters. The maximum absolute atomic E-state index is 12.1. The number of alkyl halides is 3. The molecule has 64 valence electrons. The van der Waals surface area contributed by atoms with Crippen LogP contribution >= 0.6 is 0 Å². The molecule has 5 heteroatoms. The summed E-state index contributed by atoms with van der Waals surface area (Å²) in [6.07, 6.45) is 0.490. The average Bonchev–Trinajstić information content (AvgIpc) is 2.29. The minimum atomic E-state index is -4.39. The second kappa shape index (κ2) is 2.55. The van der Waals surface area contributed by atoms with Gasteiger partial charge in [-0.1, -0.05) is 0 Å². The summed E-state index contributed by atoms with van der Waals surface area (Å²) < 4.78 is 36.9. The Morgan fingerprint density at radius 3 is 2.42 bits per heavy atom. The SMILES string of the molecule is C#Cc1cc(C(F)(F)F)n(C)n1.